The van der Waals surface area contributed by atoms with E-state index in [0.29, 0.717) is 28.9 Å². The van der Waals surface area contributed by atoms with Crippen molar-refractivity contribution in [3.05, 3.63) is 46.9 Å². The molecule has 0 saturated carbocycles. The first-order chi connectivity index (χ1) is 12.1. The number of nitrogens with one attached hydrogen (secondary N) is 1. The van der Waals surface area contributed by atoms with Crippen LogP contribution in [0.15, 0.2) is 40.8 Å². The molecule has 1 aromatic carbocycles. The summed E-state index contributed by atoms with van der Waals surface area (Å²) in [5, 5.41) is 7.12. The number of furan rings is 1. The van der Waals surface area contributed by atoms with E-state index in [0.717, 1.165) is 23.8 Å². The predicted octanol–water partition coefficient (Wildman–Crippen LogP) is 4.44. The fraction of sp³-hybridized carbons (Fsp3) is 0.333. The Labute approximate surface area is 151 Å². The fourth-order valence-corrected chi connectivity index (χ4v) is 2.65. The Morgan fingerprint density at radius 1 is 1.16 bits per heavy atom. The van der Waals surface area contributed by atoms with Crippen molar-refractivity contribution in [3.8, 4) is 23.1 Å². The third kappa shape index (κ3) is 4.11. The van der Waals surface area contributed by atoms with E-state index in [9.17, 15) is 0 Å². The van der Waals surface area contributed by atoms with Crippen molar-refractivity contribution < 1.29 is 13.9 Å². The molecular formula is C18H21N3O3S. The third-order valence-corrected chi connectivity index (χ3v) is 3.94. The van der Waals surface area contributed by atoms with Gasteiger partial charge >= 0.3 is 0 Å². The molecule has 0 aliphatic rings. The molecule has 2 heterocycles. The Bertz CT molecular complexity index is 878. The van der Waals surface area contributed by atoms with Gasteiger partial charge in [-0.1, -0.05) is 13.8 Å². The lowest BCUT2D eigenvalue weighted by Gasteiger charge is -2.08. The minimum Gasteiger partial charge on any atom is -0.497 e. The molecule has 0 spiro atoms. The van der Waals surface area contributed by atoms with Crippen molar-refractivity contribution in [3.63, 3.8) is 0 Å². The molecule has 3 rings (SSSR count). The first kappa shape index (κ1) is 17.3. The van der Waals surface area contributed by atoms with Crippen molar-refractivity contribution in [1.29, 1.82) is 0 Å². The van der Waals surface area contributed by atoms with Crippen LogP contribution in [0.25, 0.3) is 11.6 Å². The highest BCUT2D eigenvalue weighted by Crippen LogP contribution is 2.23. The van der Waals surface area contributed by atoms with Crippen LogP contribution < -0.4 is 9.47 Å². The van der Waals surface area contributed by atoms with E-state index in [2.05, 4.69) is 24.0 Å². The van der Waals surface area contributed by atoms with Gasteiger partial charge in [0.1, 0.15) is 23.9 Å². The van der Waals surface area contributed by atoms with Gasteiger partial charge in [-0.15, -0.1) is 0 Å². The minimum atomic E-state index is 0.335. The molecule has 0 bridgehead atoms. The number of aromatic amines is 1. The van der Waals surface area contributed by atoms with Gasteiger partial charge in [0.2, 0.25) is 0 Å². The molecule has 2 aromatic heterocycles. The summed E-state index contributed by atoms with van der Waals surface area (Å²) in [5.74, 6) is 4.09. The zero-order valence-corrected chi connectivity index (χ0v) is 15.3. The van der Waals surface area contributed by atoms with Gasteiger partial charge in [-0.05, 0) is 54.5 Å². The van der Waals surface area contributed by atoms with Crippen molar-refractivity contribution in [1.82, 2.24) is 14.8 Å². The van der Waals surface area contributed by atoms with Gasteiger partial charge in [-0.25, -0.2) is 0 Å². The number of benzene rings is 1. The zero-order valence-electron chi connectivity index (χ0n) is 14.5. The van der Waals surface area contributed by atoms with Crippen LogP contribution in [0.5, 0.6) is 11.5 Å². The number of hydrogen-bond donors (Lipinski definition) is 1. The second-order valence-electron chi connectivity index (χ2n) is 6.09. The molecule has 0 radical (unpaired) electrons. The summed E-state index contributed by atoms with van der Waals surface area (Å²) in [6.07, 6.45) is 0. The Morgan fingerprint density at radius 3 is 2.56 bits per heavy atom. The molecule has 0 fully saturated rings. The smallest absolute Gasteiger partial charge is 0.198 e. The van der Waals surface area contributed by atoms with Gasteiger partial charge < -0.3 is 13.9 Å². The molecule has 0 aliphatic carbocycles. The highest BCUT2D eigenvalue weighted by atomic mass is 32.1. The largest absolute Gasteiger partial charge is 0.497 e. The SMILES string of the molecule is COc1ccc(OCc2ccc(-c3n[nH]c(=S)n3CC(C)C)o2)cc1. The number of aromatic nitrogens is 3. The summed E-state index contributed by atoms with van der Waals surface area (Å²) in [7, 11) is 1.63. The quantitative estimate of drug-likeness (QED) is 0.632. The predicted molar refractivity (Wildman–Crippen MR) is 97.3 cm³/mol. The maximum atomic E-state index is 5.87. The summed E-state index contributed by atoms with van der Waals surface area (Å²) in [5.41, 5.74) is 0. The maximum Gasteiger partial charge on any atom is 0.198 e. The normalized spacial score (nSPS) is 11.0. The van der Waals surface area contributed by atoms with Crippen molar-refractivity contribution >= 4 is 12.2 Å². The molecule has 0 aliphatic heterocycles. The van der Waals surface area contributed by atoms with Crippen LogP contribution in [-0.2, 0) is 13.2 Å². The van der Waals surface area contributed by atoms with Gasteiger partial charge in [0.15, 0.2) is 16.4 Å². The number of methoxy groups -OCH3 is 1. The van der Waals surface area contributed by atoms with Gasteiger partial charge in [-0.2, -0.15) is 5.10 Å². The number of nitrogens with zero attached hydrogens (tertiary/aromatic N) is 2. The molecule has 132 valence electrons. The first-order valence-electron chi connectivity index (χ1n) is 8.08. The van der Waals surface area contributed by atoms with Gasteiger partial charge in [0, 0.05) is 6.54 Å². The Kier molecular flexibility index (Phi) is 5.23. The van der Waals surface area contributed by atoms with Gasteiger partial charge in [0.25, 0.3) is 0 Å². The van der Waals surface area contributed by atoms with Crippen molar-refractivity contribution in [2.24, 2.45) is 5.92 Å². The summed E-state index contributed by atoms with van der Waals surface area (Å²) in [4.78, 5) is 0. The van der Waals surface area contributed by atoms with Crippen LogP contribution in [0.3, 0.4) is 0 Å². The zero-order chi connectivity index (χ0) is 17.8. The number of hydrogen-bond acceptors (Lipinski definition) is 5. The van der Waals surface area contributed by atoms with Crippen LogP contribution in [0.4, 0.5) is 0 Å². The maximum absolute atomic E-state index is 5.87. The molecule has 1 N–H and O–H groups in total. The summed E-state index contributed by atoms with van der Waals surface area (Å²) >= 11 is 5.30. The molecule has 7 heteroatoms. The topological polar surface area (TPSA) is 65.2 Å². The third-order valence-electron chi connectivity index (χ3n) is 3.63. The Morgan fingerprint density at radius 2 is 1.88 bits per heavy atom. The van der Waals surface area contributed by atoms with E-state index >= 15 is 0 Å². The van der Waals surface area contributed by atoms with E-state index in [1.54, 1.807) is 7.11 Å². The summed E-state index contributed by atoms with van der Waals surface area (Å²) in [6.45, 7) is 5.38. The number of ether oxygens (including phenoxy) is 2. The fourth-order valence-electron chi connectivity index (χ4n) is 2.44. The molecule has 0 unspecified atom stereocenters. The van der Waals surface area contributed by atoms with E-state index in [4.69, 9.17) is 26.1 Å². The molecule has 6 nitrogen and oxygen atoms in total. The monoisotopic (exact) mass is 359 g/mol. The van der Waals surface area contributed by atoms with E-state index in [-0.39, 0.29) is 0 Å². The van der Waals surface area contributed by atoms with E-state index in [1.807, 2.05) is 41.0 Å². The second kappa shape index (κ2) is 7.57. The molecule has 0 saturated heterocycles. The van der Waals surface area contributed by atoms with Gasteiger partial charge in [0.05, 0.1) is 7.11 Å². The lowest BCUT2D eigenvalue weighted by molar-refractivity contribution is 0.271. The Hall–Kier alpha value is -2.54. The van der Waals surface area contributed by atoms with Gasteiger partial charge in [-0.3, -0.25) is 9.67 Å². The second-order valence-corrected chi connectivity index (χ2v) is 6.47. The minimum absolute atomic E-state index is 0.335. The number of H-pyrrole nitrogens is 1. The lowest BCUT2D eigenvalue weighted by Crippen LogP contribution is -2.06. The van der Waals surface area contributed by atoms with Crippen molar-refractivity contribution in [2.75, 3.05) is 7.11 Å². The van der Waals surface area contributed by atoms with Crippen molar-refractivity contribution in [2.45, 2.75) is 27.0 Å². The molecule has 0 atom stereocenters. The first-order valence-corrected chi connectivity index (χ1v) is 8.49. The average Bonchev–Trinajstić information content (AvgIpc) is 3.20. The van der Waals surface area contributed by atoms with Crippen LogP contribution in [0, 0.1) is 10.7 Å². The molecular weight excluding hydrogens is 338 g/mol. The van der Waals surface area contributed by atoms with E-state index < -0.39 is 0 Å². The highest BCUT2D eigenvalue weighted by molar-refractivity contribution is 7.71. The molecule has 0 amide bonds. The number of rotatable bonds is 7. The molecule has 3 aromatic rings. The standard InChI is InChI=1S/C18H21N3O3S/c1-12(2)10-21-17(19-20-18(21)25)16-9-8-15(24-16)11-23-14-6-4-13(22-3)5-7-14/h4-9,12H,10-11H2,1-3H3,(H,20,25). The summed E-state index contributed by atoms with van der Waals surface area (Å²) < 4.78 is 19.3. The van der Waals surface area contributed by atoms with Crippen LogP contribution >= 0.6 is 12.2 Å². The Balaban J connectivity index is 1.71. The lowest BCUT2D eigenvalue weighted by atomic mass is 10.2. The van der Waals surface area contributed by atoms with Crippen LogP contribution in [0.1, 0.15) is 19.6 Å². The summed E-state index contributed by atoms with van der Waals surface area (Å²) in [6, 6.07) is 11.2. The van der Waals surface area contributed by atoms with E-state index in [1.165, 1.54) is 0 Å². The van der Waals surface area contributed by atoms with Crippen LogP contribution in [-0.4, -0.2) is 21.9 Å². The van der Waals surface area contributed by atoms with Crippen LogP contribution in [0.2, 0.25) is 0 Å². The average molecular weight is 359 g/mol. The highest BCUT2D eigenvalue weighted by Gasteiger charge is 2.14. The molecule has 25 heavy (non-hydrogen) atoms.